The van der Waals surface area contributed by atoms with E-state index in [4.69, 9.17) is 4.42 Å². The van der Waals surface area contributed by atoms with Crippen molar-refractivity contribution in [2.45, 2.75) is 29.0 Å². The van der Waals surface area contributed by atoms with Crippen molar-refractivity contribution in [3.8, 4) is 11.5 Å². The topological polar surface area (TPSA) is 80.4 Å². The van der Waals surface area contributed by atoms with Crippen LogP contribution in [-0.2, 0) is 17.1 Å². The standard InChI is InChI=1S/C20H24N4O3S2/c1-23-18(11-17(22-23)19-4-2-8-27-19)16-13-24-7-6-14(16)10-15(24)12-21-29(25,26)20-5-3-9-28-20/h2-5,8-9,11,14-16,21H,6-7,10,12-13H2,1H3/t14-,15+,16-/m0/s1. The highest BCUT2D eigenvalue weighted by Gasteiger charge is 2.42. The quantitative estimate of drug-likeness (QED) is 0.648. The first-order valence-electron chi connectivity index (χ1n) is 9.86. The number of rotatable bonds is 6. The Bertz CT molecular complexity index is 1070. The van der Waals surface area contributed by atoms with Crippen LogP contribution in [0.1, 0.15) is 24.5 Å². The first-order chi connectivity index (χ1) is 14.0. The third-order valence-corrected chi connectivity index (χ3v) is 9.04. The summed E-state index contributed by atoms with van der Waals surface area (Å²) in [5.41, 5.74) is 2.09. The Morgan fingerprint density at radius 3 is 2.93 bits per heavy atom. The molecule has 0 aliphatic carbocycles. The second-order valence-corrected chi connectivity index (χ2v) is 10.8. The van der Waals surface area contributed by atoms with Crippen LogP contribution in [0.15, 0.2) is 50.6 Å². The fourth-order valence-electron chi connectivity index (χ4n) is 4.75. The van der Waals surface area contributed by atoms with E-state index in [0.29, 0.717) is 22.6 Å². The van der Waals surface area contributed by atoms with Crippen LogP contribution < -0.4 is 4.72 Å². The van der Waals surface area contributed by atoms with E-state index in [0.717, 1.165) is 37.4 Å². The summed E-state index contributed by atoms with van der Waals surface area (Å²) in [6.07, 6.45) is 3.80. The number of nitrogens with one attached hydrogen (secondary N) is 1. The summed E-state index contributed by atoms with van der Waals surface area (Å²) < 4.78 is 35.6. The molecule has 3 aliphatic heterocycles. The number of aryl methyl sites for hydroxylation is 1. The van der Waals surface area contributed by atoms with Crippen LogP contribution >= 0.6 is 11.3 Å². The van der Waals surface area contributed by atoms with Gasteiger partial charge in [-0.15, -0.1) is 11.3 Å². The molecule has 2 bridgehead atoms. The molecular weight excluding hydrogens is 408 g/mol. The van der Waals surface area contributed by atoms with Crippen molar-refractivity contribution < 1.29 is 12.8 Å². The number of hydrogen-bond acceptors (Lipinski definition) is 6. The predicted octanol–water partition coefficient (Wildman–Crippen LogP) is 2.90. The molecule has 6 heterocycles. The summed E-state index contributed by atoms with van der Waals surface area (Å²) in [5, 5.41) is 6.43. The second kappa shape index (κ2) is 7.39. The Morgan fingerprint density at radius 2 is 2.24 bits per heavy atom. The molecule has 3 aromatic rings. The summed E-state index contributed by atoms with van der Waals surface area (Å²) in [7, 11) is -1.42. The maximum Gasteiger partial charge on any atom is 0.250 e. The molecule has 9 heteroatoms. The van der Waals surface area contributed by atoms with Crippen LogP contribution in [-0.4, -0.2) is 48.8 Å². The van der Waals surface area contributed by atoms with Crippen molar-refractivity contribution in [1.29, 1.82) is 0 Å². The Hall–Kier alpha value is -1.94. The first-order valence-corrected chi connectivity index (χ1v) is 12.2. The summed E-state index contributed by atoms with van der Waals surface area (Å²) in [4.78, 5) is 2.43. The number of hydrogen-bond donors (Lipinski definition) is 1. The molecule has 0 saturated carbocycles. The fourth-order valence-corrected chi connectivity index (χ4v) is 6.86. The molecule has 0 spiro atoms. The van der Waals surface area contributed by atoms with Crippen molar-refractivity contribution >= 4 is 21.4 Å². The summed E-state index contributed by atoms with van der Waals surface area (Å²) in [6, 6.07) is 9.60. The maximum atomic E-state index is 12.4. The summed E-state index contributed by atoms with van der Waals surface area (Å²) >= 11 is 1.25. The van der Waals surface area contributed by atoms with Gasteiger partial charge in [-0.25, -0.2) is 13.1 Å². The number of piperidine rings is 3. The largest absolute Gasteiger partial charge is 0.463 e. The summed E-state index contributed by atoms with van der Waals surface area (Å²) in [6.45, 7) is 2.43. The van der Waals surface area contributed by atoms with Crippen LogP contribution in [0.5, 0.6) is 0 Å². The Morgan fingerprint density at radius 1 is 1.34 bits per heavy atom. The molecule has 3 aliphatic rings. The minimum absolute atomic E-state index is 0.248. The lowest BCUT2D eigenvalue weighted by Crippen LogP contribution is -2.56. The molecule has 4 atom stereocenters. The normalized spacial score (nSPS) is 26.8. The smallest absolute Gasteiger partial charge is 0.250 e. The van der Waals surface area contributed by atoms with Crippen molar-refractivity contribution in [2.75, 3.05) is 19.6 Å². The molecule has 0 amide bonds. The van der Waals surface area contributed by atoms with E-state index in [-0.39, 0.29) is 6.04 Å². The van der Waals surface area contributed by atoms with Crippen molar-refractivity contribution in [2.24, 2.45) is 13.0 Å². The van der Waals surface area contributed by atoms with E-state index < -0.39 is 10.0 Å². The van der Waals surface area contributed by atoms with Crippen LogP contribution in [0.4, 0.5) is 0 Å². The number of thiophene rings is 1. The van der Waals surface area contributed by atoms with Crippen LogP contribution in [0.2, 0.25) is 0 Å². The molecular formula is C20H24N4O3S2. The van der Waals surface area contributed by atoms with E-state index in [1.165, 1.54) is 17.0 Å². The lowest BCUT2D eigenvalue weighted by molar-refractivity contribution is 0.0306. The number of nitrogens with zero attached hydrogens (tertiary/aromatic N) is 3. The molecule has 7 nitrogen and oxygen atoms in total. The Kier molecular flexibility index (Phi) is 4.85. The number of aromatic nitrogens is 2. The van der Waals surface area contributed by atoms with Crippen molar-refractivity contribution in [3.63, 3.8) is 0 Å². The molecule has 0 aromatic carbocycles. The maximum absolute atomic E-state index is 12.4. The van der Waals surface area contributed by atoms with Gasteiger partial charge >= 0.3 is 0 Å². The van der Waals surface area contributed by atoms with Gasteiger partial charge < -0.3 is 4.42 Å². The van der Waals surface area contributed by atoms with Gasteiger partial charge in [-0.3, -0.25) is 9.58 Å². The van der Waals surface area contributed by atoms with E-state index in [2.05, 4.69) is 20.8 Å². The predicted molar refractivity (Wildman–Crippen MR) is 111 cm³/mol. The van der Waals surface area contributed by atoms with Gasteiger partial charge in [0.1, 0.15) is 9.90 Å². The van der Waals surface area contributed by atoms with Gasteiger partial charge in [0, 0.05) is 37.8 Å². The van der Waals surface area contributed by atoms with E-state index in [9.17, 15) is 8.42 Å². The molecule has 1 unspecified atom stereocenters. The van der Waals surface area contributed by atoms with Gasteiger partial charge in [-0.2, -0.15) is 5.10 Å². The van der Waals surface area contributed by atoms with Gasteiger partial charge in [-0.1, -0.05) is 6.07 Å². The second-order valence-electron chi connectivity index (χ2n) is 7.88. The van der Waals surface area contributed by atoms with E-state index >= 15 is 0 Å². The lowest BCUT2D eigenvalue weighted by atomic mass is 9.74. The highest BCUT2D eigenvalue weighted by atomic mass is 32.2. The third kappa shape index (κ3) is 3.56. The lowest BCUT2D eigenvalue weighted by Gasteiger charge is -2.49. The molecule has 3 saturated heterocycles. The van der Waals surface area contributed by atoms with Crippen LogP contribution in [0, 0.1) is 5.92 Å². The Labute approximate surface area is 174 Å². The molecule has 29 heavy (non-hydrogen) atoms. The average molecular weight is 433 g/mol. The number of furan rings is 1. The fraction of sp³-hybridized carbons (Fsp3) is 0.450. The molecule has 6 rings (SSSR count). The van der Waals surface area contributed by atoms with Crippen molar-refractivity contribution in [1.82, 2.24) is 19.4 Å². The van der Waals surface area contributed by atoms with Crippen LogP contribution in [0.25, 0.3) is 11.5 Å². The zero-order valence-electron chi connectivity index (χ0n) is 16.2. The third-order valence-electron chi connectivity index (χ3n) is 6.22. The minimum atomic E-state index is -3.41. The zero-order chi connectivity index (χ0) is 20.0. The van der Waals surface area contributed by atoms with Gasteiger partial charge in [-0.05, 0) is 54.9 Å². The van der Waals surface area contributed by atoms with E-state index in [1.807, 2.05) is 23.9 Å². The minimum Gasteiger partial charge on any atom is -0.463 e. The molecule has 3 fully saturated rings. The molecule has 1 N–H and O–H groups in total. The van der Waals surface area contributed by atoms with Gasteiger partial charge in [0.2, 0.25) is 10.0 Å². The number of sulfonamides is 1. The van der Waals surface area contributed by atoms with Crippen LogP contribution in [0.3, 0.4) is 0 Å². The van der Waals surface area contributed by atoms with Crippen molar-refractivity contribution in [3.05, 3.63) is 47.7 Å². The van der Waals surface area contributed by atoms with E-state index in [1.54, 1.807) is 23.8 Å². The monoisotopic (exact) mass is 432 g/mol. The highest BCUT2D eigenvalue weighted by Crippen LogP contribution is 2.42. The SMILES string of the molecule is Cn1nc(-c2ccco2)cc1[C@H]1CN2CC[C@H]1C[C@@H]2CNS(=O)(=O)c1cccs1. The molecule has 0 radical (unpaired) electrons. The van der Waals surface area contributed by atoms with Gasteiger partial charge in [0.25, 0.3) is 0 Å². The van der Waals surface area contributed by atoms with Gasteiger partial charge in [0.15, 0.2) is 5.76 Å². The number of fused-ring (bicyclic) bond motifs is 3. The average Bonchev–Trinajstić information content (AvgIpc) is 3.48. The first kappa shape index (κ1) is 19.0. The zero-order valence-corrected chi connectivity index (χ0v) is 17.8. The Balaban J connectivity index is 1.28. The van der Waals surface area contributed by atoms with Gasteiger partial charge in [0.05, 0.1) is 6.26 Å². The highest BCUT2D eigenvalue weighted by molar-refractivity contribution is 7.91. The molecule has 154 valence electrons. The summed E-state index contributed by atoms with van der Waals surface area (Å²) in [5.74, 6) is 1.74. The molecule has 3 aromatic heterocycles.